The second-order valence-electron chi connectivity index (χ2n) is 4.99. The van der Waals surface area contributed by atoms with Crippen molar-refractivity contribution in [1.29, 1.82) is 0 Å². The van der Waals surface area contributed by atoms with Gasteiger partial charge in [0, 0.05) is 0 Å². The van der Waals surface area contributed by atoms with E-state index in [9.17, 15) is 9.90 Å². The van der Waals surface area contributed by atoms with Gasteiger partial charge in [0.05, 0.1) is 14.3 Å². The van der Waals surface area contributed by atoms with E-state index in [1.165, 1.54) is 0 Å². The van der Waals surface area contributed by atoms with Gasteiger partial charge in [-0.15, -0.1) is 0 Å². The summed E-state index contributed by atoms with van der Waals surface area (Å²) in [6, 6.07) is 6.43. The molecule has 2 aromatic carbocycles. The van der Waals surface area contributed by atoms with Gasteiger partial charge in [-0.3, -0.25) is 10.6 Å². The van der Waals surface area contributed by atoms with Crippen molar-refractivity contribution in [3.05, 3.63) is 44.1 Å². The van der Waals surface area contributed by atoms with Crippen molar-refractivity contribution in [1.82, 2.24) is 5.43 Å². The Morgan fingerprint density at radius 3 is 2.04 bits per heavy atom. The van der Waals surface area contributed by atoms with Gasteiger partial charge >= 0.3 is 5.97 Å². The van der Waals surface area contributed by atoms with Crippen LogP contribution in [0.5, 0.6) is 17.2 Å². The van der Waals surface area contributed by atoms with Gasteiger partial charge in [0.1, 0.15) is 17.5 Å². The van der Waals surface area contributed by atoms with Crippen molar-refractivity contribution in [3.63, 3.8) is 0 Å². The third-order valence-electron chi connectivity index (χ3n) is 3.21. The lowest BCUT2D eigenvalue weighted by Crippen LogP contribution is -2.42. The Morgan fingerprint density at radius 2 is 1.60 bits per heavy atom. The number of nitrogens with two attached hydrogens (primary N) is 1. The van der Waals surface area contributed by atoms with Crippen molar-refractivity contribution in [2.45, 2.75) is 12.5 Å². The molecule has 0 heterocycles. The van der Waals surface area contributed by atoms with Crippen LogP contribution < -0.4 is 16.0 Å². The van der Waals surface area contributed by atoms with Crippen LogP contribution in [-0.2, 0) is 11.2 Å². The number of carboxylic acid groups (broad SMARTS) is 1. The minimum absolute atomic E-state index is 0.238. The maximum Gasteiger partial charge on any atom is 0.322 e. The number of halogens is 4. The zero-order chi connectivity index (χ0) is 18.7. The van der Waals surface area contributed by atoms with E-state index in [-0.39, 0.29) is 12.2 Å². The number of nitrogens with one attached hydrogen (secondary N) is 1. The van der Waals surface area contributed by atoms with Crippen LogP contribution in [0.15, 0.2) is 24.3 Å². The van der Waals surface area contributed by atoms with Crippen LogP contribution in [0.3, 0.4) is 0 Å². The number of hydrogen-bond acceptors (Lipinski definition) is 5. The first-order valence-corrected chi connectivity index (χ1v) is 11.1. The summed E-state index contributed by atoms with van der Waals surface area (Å²) in [7, 11) is 0. The lowest BCUT2D eigenvalue weighted by Gasteiger charge is -2.15. The highest BCUT2D eigenvalue weighted by Crippen LogP contribution is 2.36. The van der Waals surface area contributed by atoms with Crippen LogP contribution in [-0.4, -0.2) is 22.2 Å². The minimum Gasteiger partial charge on any atom is -0.506 e. The van der Waals surface area contributed by atoms with Gasteiger partial charge < -0.3 is 14.9 Å². The Morgan fingerprint density at radius 1 is 1.08 bits per heavy atom. The molecular formula is C15H12I4N2O4. The fraction of sp³-hybridized carbons (Fsp3) is 0.133. The molecule has 0 fully saturated rings. The molecule has 0 radical (unpaired) electrons. The highest BCUT2D eigenvalue weighted by molar-refractivity contribution is 14.1. The molecule has 0 saturated heterocycles. The number of phenolic OH excluding ortho intramolecular Hbond substituents is 1. The maximum atomic E-state index is 11.1. The fourth-order valence-electron chi connectivity index (χ4n) is 2.00. The van der Waals surface area contributed by atoms with Gasteiger partial charge in [0.2, 0.25) is 0 Å². The highest BCUT2D eigenvalue weighted by atomic mass is 127. The summed E-state index contributed by atoms with van der Waals surface area (Å²) in [4.78, 5) is 11.1. The Kier molecular flexibility index (Phi) is 8.24. The molecule has 2 aromatic rings. The first kappa shape index (κ1) is 21.6. The SMILES string of the molecule is NNC(Cc1cc(I)c(Oc2cc(I)c(O)c(I)c2)c(I)c1)C(=O)O. The summed E-state index contributed by atoms with van der Waals surface area (Å²) in [5, 5.41) is 19.0. The molecule has 10 heteroatoms. The number of benzene rings is 2. The number of aliphatic carboxylic acids is 1. The van der Waals surface area contributed by atoms with Gasteiger partial charge in [0.25, 0.3) is 0 Å². The molecule has 1 atom stereocenters. The number of aromatic hydroxyl groups is 1. The second-order valence-corrected chi connectivity index (χ2v) is 9.64. The largest absolute Gasteiger partial charge is 0.506 e. The number of carbonyl (C=O) groups is 1. The van der Waals surface area contributed by atoms with E-state index < -0.39 is 12.0 Å². The standard InChI is InChI=1S/C15H12I4N2O4/c16-8-4-7(5-9(17)13(8)22)25-14-10(18)1-6(2-11(14)19)3-12(21-20)15(23)24/h1-2,4-5,12,21-22H,3,20H2,(H,23,24). The molecule has 2 rings (SSSR count). The Labute approximate surface area is 198 Å². The molecule has 0 aromatic heterocycles. The predicted molar refractivity (Wildman–Crippen MR) is 128 cm³/mol. The zero-order valence-corrected chi connectivity index (χ0v) is 21.0. The molecule has 25 heavy (non-hydrogen) atoms. The molecule has 0 bridgehead atoms. The zero-order valence-electron chi connectivity index (χ0n) is 12.4. The van der Waals surface area contributed by atoms with Crippen molar-refractivity contribution in [3.8, 4) is 17.2 Å². The van der Waals surface area contributed by atoms with Crippen LogP contribution in [0.1, 0.15) is 5.56 Å². The quantitative estimate of drug-likeness (QED) is 0.200. The van der Waals surface area contributed by atoms with Gasteiger partial charge in [-0.1, -0.05) is 0 Å². The lowest BCUT2D eigenvalue weighted by atomic mass is 10.1. The number of rotatable bonds is 6. The van der Waals surface area contributed by atoms with Crippen LogP contribution in [0.25, 0.3) is 0 Å². The molecule has 6 nitrogen and oxygen atoms in total. The molecule has 0 spiro atoms. The molecule has 5 N–H and O–H groups in total. The first-order chi connectivity index (χ1) is 11.7. The van der Waals surface area contributed by atoms with E-state index in [1.807, 2.05) is 12.1 Å². The van der Waals surface area contributed by atoms with Crippen LogP contribution in [0, 0.1) is 14.3 Å². The molecule has 0 amide bonds. The van der Waals surface area contributed by atoms with Crippen molar-refractivity contribution in [2.75, 3.05) is 0 Å². The normalized spacial score (nSPS) is 12.0. The molecule has 0 saturated carbocycles. The smallest absolute Gasteiger partial charge is 0.322 e. The summed E-state index contributed by atoms with van der Waals surface area (Å²) in [6.07, 6.45) is 0.271. The topological polar surface area (TPSA) is 105 Å². The molecular weight excluding hydrogens is 780 g/mol. The fourth-order valence-corrected chi connectivity index (χ4v) is 5.83. The van der Waals surface area contributed by atoms with E-state index in [0.29, 0.717) is 18.6 Å². The van der Waals surface area contributed by atoms with Gasteiger partial charge in [0.15, 0.2) is 5.75 Å². The van der Waals surface area contributed by atoms with Gasteiger partial charge in [-0.25, -0.2) is 5.43 Å². The molecule has 0 aliphatic carbocycles. The summed E-state index contributed by atoms with van der Waals surface area (Å²) < 4.78 is 9.13. The number of hydrazine groups is 1. The van der Waals surface area contributed by atoms with Gasteiger partial charge in [-0.05, 0) is 127 Å². The van der Waals surface area contributed by atoms with E-state index in [0.717, 1.165) is 12.7 Å². The summed E-state index contributed by atoms with van der Waals surface area (Å²) in [6.45, 7) is 0. The summed E-state index contributed by atoms with van der Waals surface area (Å²) in [5.41, 5.74) is 3.15. The van der Waals surface area contributed by atoms with Crippen molar-refractivity contribution < 1.29 is 19.7 Å². The summed E-state index contributed by atoms with van der Waals surface area (Å²) >= 11 is 8.42. The average Bonchev–Trinajstić information content (AvgIpc) is 2.53. The third kappa shape index (κ3) is 5.66. The molecule has 1 unspecified atom stereocenters. The second kappa shape index (κ2) is 9.52. The van der Waals surface area contributed by atoms with Crippen molar-refractivity contribution >= 4 is 96.3 Å². The van der Waals surface area contributed by atoms with Gasteiger partial charge in [-0.2, -0.15) is 0 Å². The number of carboxylic acids is 1. The Bertz CT molecular complexity index is 770. The number of ether oxygens (including phenoxy) is 1. The van der Waals surface area contributed by atoms with E-state index in [4.69, 9.17) is 15.7 Å². The maximum absolute atomic E-state index is 11.1. The van der Waals surface area contributed by atoms with Crippen LogP contribution >= 0.6 is 90.4 Å². The van der Waals surface area contributed by atoms with Crippen LogP contribution in [0.4, 0.5) is 0 Å². The summed E-state index contributed by atoms with van der Waals surface area (Å²) in [5.74, 6) is 5.85. The molecule has 0 aliphatic rings. The average molecular weight is 792 g/mol. The Hall–Kier alpha value is 0.350. The Balaban J connectivity index is 2.30. The minimum atomic E-state index is -0.999. The number of hydrogen-bond donors (Lipinski definition) is 4. The lowest BCUT2D eigenvalue weighted by molar-refractivity contribution is -0.139. The van der Waals surface area contributed by atoms with Crippen LogP contribution in [0.2, 0.25) is 0 Å². The van der Waals surface area contributed by atoms with Crippen molar-refractivity contribution in [2.24, 2.45) is 5.84 Å². The third-order valence-corrected chi connectivity index (χ3v) is 6.45. The number of phenols is 1. The van der Waals surface area contributed by atoms with E-state index >= 15 is 0 Å². The first-order valence-electron chi connectivity index (χ1n) is 6.75. The predicted octanol–water partition coefficient (Wildman–Crippen LogP) is 4.06. The van der Waals surface area contributed by atoms with E-state index in [2.05, 4.69) is 95.8 Å². The monoisotopic (exact) mass is 792 g/mol. The highest BCUT2D eigenvalue weighted by Gasteiger charge is 2.18. The molecule has 134 valence electrons. The molecule has 0 aliphatic heterocycles. The van der Waals surface area contributed by atoms with E-state index in [1.54, 1.807) is 12.1 Å².